The average Bonchev–Trinajstić information content (AvgIpc) is 3.49. The molecule has 0 aliphatic heterocycles. The second-order valence-electron chi connectivity index (χ2n) is 8.81. The highest BCUT2D eigenvalue weighted by molar-refractivity contribution is 7.18. The van der Waals surface area contributed by atoms with Gasteiger partial charge in [-0.05, 0) is 65.0 Å². The minimum atomic E-state index is -0.593. The maximum atomic E-state index is 12.3. The van der Waals surface area contributed by atoms with Crippen molar-refractivity contribution in [1.82, 2.24) is 9.55 Å². The third-order valence-corrected chi connectivity index (χ3v) is 7.79. The zero-order valence-electron chi connectivity index (χ0n) is 19.9. The van der Waals surface area contributed by atoms with Crippen LogP contribution >= 0.6 is 22.9 Å². The first-order chi connectivity index (χ1) is 17.9. The number of benzene rings is 3. The fourth-order valence-corrected chi connectivity index (χ4v) is 6.05. The van der Waals surface area contributed by atoms with Gasteiger partial charge in [0.15, 0.2) is 0 Å². The molecule has 3 aromatic heterocycles. The van der Waals surface area contributed by atoms with E-state index in [0.717, 1.165) is 32.3 Å². The monoisotopic (exact) mass is 523 g/mol. The average molecular weight is 524 g/mol. The highest BCUT2D eigenvalue weighted by atomic mass is 35.5. The number of nitrogen functional groups attached to an aromatic ring is 1. The van der Waals surface area contributed by atoms with Crippen LogP contribution in [0.5, 0.6) is 0 Å². The maximum Gasteiger partial charge on any atom is 0.323 e. The number of fused-ring (bicyclic) bond motifs is 2. The molecule has 2 amide bonds. The summed E-state index contributed by atoms with van der Waals surface area (Å²) < 4.78 is 3.19. The van der Waals surface area contributed by atoms with Crippen LogP contribution in [0, 0.1) is 0 Å². The molecular formula is C29H22ClN5OS. The van der Waals surface area contributed by atoms with Gasteiger partial charge >= 0.3 is 6.03 Å². The first-order valence-electron chi connectivity index (χ1n) is 11.6. The fourth-order valence-electron chi connectivity index (χ4n) is 4.74. The van der Waals surface area contributed by atoms with Crippen LogP contribution in [-0.4, -0.2) is 15.6 Å². The standard InChI is InChI=1S/C29H22ClN5OS/c1-34-12-11-19-13-18(7-10-25(19)34)23-15-33-28(31)26-24(16-37-27(23)26)17-5-8-21(9-6-17)35(29(32)36)22-4-2-3-20(30)14-22/h2-16H,1H3,(H2,31,33)(H2,32,36). The highest BCUT2D eigenvalue weighted by Crippen LogP contribution is 2.42. The Morgan fingerprint density at radius 1 is 0.973 bits per heavy atom. The predicted octanol–water partition coefficient (Wildman–Crippen LogP) is 7.57. The third-order valence-electron chi connectivity index (χ3n) is 6.54. The number of carbonyl (C=O) groups excluding carboxylic acids is 1. The molecule has 0 aliphatic rings. The number of aromatic nitrogens is 2. The summed E-state index contributed by atoms with van der Waals surface area (Å²) in [4.78, 5) is 18.2. The molecule has 3 heterocycles. The van der Waals surface area contributed by atoms with Gasteiger partial charge in [-0.3, -0.25) is 4.90 Å². The van der Waals surface area contributed by atoms with Crippen LogP contribution in [0.2, 0.25) is 5.02 Å². The molecule has 0 spiro atoms. The second kappa shape index (κ2) is 8.96. The van der Waals surface area contributed by atoms with E-state index in [1.54, 1.807) is 35.6 Å². The Kier molecular flexibility index (Phi) is 5.59. The van der Waals surface area contributed by atoms with Crippen molar-refractivity contribution in [1.29, 1.82) is 0 Å². The van der Waals surface area contributed by atoms with Gasteiger partial charge < -0.3 is 16.0 Å². The zero-order valence-corrected chi connectivity index (χ0v) is 21.4. The molecule has 0 bridgehead atoms. The Morgan fingerprint density at radius 3 is 2.51 bits per heavy atom. The lowest BCUT2D eigenvalue weighted by atomic mass is 10.0. The number of hydrogen-bond donors (Lipinski definition) is 2. The summed E-state index contributed by atoms with van der Waals surface area (Å²) in [7, 11) is 2.04. The van der Waals surface area contributed by atoms with Gasteiger partial charge in [0.05, 0.1) is 11.4 Å². The first kappa shape index (κ1) is 23.1. The van der Waals surface area contributed by atoms with Crippen LogP contribution in [-0.2, 0) is 7.05 Å². The lowest BCUT2D eigenvalue weighted by Crippen LogP contribution is -2.31. The number of anilines is 3. The van der Waals surface area contributed by atoms with Gasteiger partial charge in [0.25, 0.3) is 0 Å². The van der Waals surface area contributed by atoms with Crippen LogP contribution in [0.25, 0.3) is 43.2 Å². The number of urea groups is 1. The number of amides is 2. The van der Waals surface area contributed by atoms with E-state index >= 15 is 0 Å². The van der Waals surface area contributed by atoms with Crippen molar-refractivity contribution < 1.29 is 4.79 Å². The number of thiophene rings is 1. The smallest absolute Gasteiger partial charge is 0.323 e. The summed E-state index contributed by atoms with van der Waals surface area (Å²) in [6.07, 6.45) is 3.91. The number of primary amides is 1. The van der Waals surface area contributed by atoms with E-state index in [1.807, 2.05) is 37.5 Å². The van der Waals surface area contributed by atoms with Gasteiger partial charge in [-0.2, -0.15) is 0 Å². The predicted molar refractivity (Wildman–Crippen MR) is 155 cm³/mol. The Labute approximate surface area is 222 Å². The zero-order chi connectivity index (χ0) is 25.7. The van der Waals surface area contributed by atoms with Gasteiger partial charge in [-0.1, -0.05) is 35.9 Å². The maximum absolute atomic E-state index is 12.3. The number of hydrogen-bond acceptors (Lipinski definition) is 4. The third kappa shape index (κ3) is 3.98. The van der Waals surface area contributed by atoms with Crippen molar-refractivity contribution in [2.24, 2.45) is 12.8 Å². The van der Waals surface area contributed by atoms with Gasteiger partial charge in [0, 0.05) is 56.6 Å². The van der Waals surface area contributed by atoms with Crippen LogP contribution in [0.15, 0.2) is 90.6 Å². The SMILES string of the molecule is Cn1ccc2cc(-c3cnc(N)c4c(-c5ccc(N(C(N)=O)c6cccc(Cl)c6)cc5)csc34)ccc21. The van der Waals surface area contributed by atoms with Crippen molar-refractivity contribution in [3.8, 4) is 22.3 Å². The quantitative estimate of drug-likeness (QED) is 0.249. The molecule has 6 nitrogen and oxygen atoms in total. The molecule has 4 N–H and O–H groups in total. The largest absolute Gasteiger partial charge is 0.383 e. The van der Waals surface area contributed by atoms with Crippen LogP contribution in [0.1, 0.15) is 0 Å². The molecule has 8 heteroatoms. The number of nitrogens with two attached hydrogens (primary N) is 2. The Balaban J connectivity index is 1.42. The molecular weight excluding hydrogens is 502 g/mol. The summed E-state index contributed by atoms with van der Waals surface area (Å²) in [6, 6.07) is 22.6. The van der Waals surface area contributed by atoms with Crippen molar-refractivity contribution in [2.45, 2.75) is 0 Å². The Morgan fingerprint density at radius 2 is 1.76 bits per heavy atom. The van der Waals surface area contributed by atoms with E-state index < -0.39 is 6.03 Å². The molecule has 0 fully saturated rings. The number of pyridine rings is 1. The van der Waals surface area contributed by atoms with Crippen molar-refractivity contribution in [3.63, 3.8) is 0 Å². The van der Waals surface area contributed by atoms with Crippen molar-refractivity contribution in [2.75, 3.05) is 10.6 Å². The Hall–Kier alpha value is -4.33. The summed E-state index contributed by atoms with van der Waals surface area (Å²) in [5.74, 6) is 0.484. The normalized spacial score (nSPS) is 11.3. The lowest BCUT2D eigenvalue weighted by Gasteiger charge is -2.21. The summed E-state index contributed by atoms with van der Waals surface area (Å²) >= 11 is 7.78. The minimum Gasteiger partial charge on any atom is -0.383 e. The fraction of sp³-hybridized carbons (Fsp3) is 0.0345. The van der Waals surface area contributed by atoms with Gasteiger partial charge in [-0.25, -0.2) is 9.78 Å². The van der Waals surface area contributed by atoms with E-state index in [1.165, 1.54) is 15.8 Å². The number of rotatable bonds is 4. The second-order valence-corrected chi connectivity index (χ2v) is 10.1. The molecule has 6 rings (SSSR count). The first-order valence-corrected chi connectivity index (χ1v) is 12.8. The highest BCUT2D eigenvalue weighted by Gasteiger charge is 2.18. The van der Waals surface area contributed by atoms with Gasteiger partial charge in [0.1, 0.15) is 5.82 Å². The molecule has 0 saturated heterocycles. The van der Waals surface area contributed by atoms with E-state index in [2.05, 4.69) is 45.4 Å². The molecule has 0 saturated carbocycles. The summed E-state index contributed by atoms with van der Waals surface area (Å²) in [5, 5.41) is 4.72. The minimum absolute atomic E-state index is 0.484. The van der Waals surface area contributed by atoms with E-state index in [0.29, 0.717) is 22.2 Å². The number of halogens is 1. The molecule has 0 unspecified atom stereocenters. The van der Waals surface area contributed by atoms with Crippen molar-refractivity contribution >= 4 is 67.2 Å². The molecule has 0 radical (unpaired) electrons. The summed E-state index contributed by atoms with van der Waals surface area (Å²) in [6.45, 7) is 0. The topological polar surface area (TPSA) is 90.2 Å². The van der Waals surface area contributed by atoms with E-state index in [-0.39, 0.29) is 0 Å². The number of carbonyl (C=O) groups is 1. The number of aryl methyl sites for hydroxylation is 1. The van der Waals surface area contributed by atoms with E-state index in [4.69, 9.17) is 23.1 Å². The van der Waals surface area contributed by atoms with E-state index in [9.17, 15) is 4.79 Å². The van der Waals surface area contributed by atoms with Crippen molar-refractivity contribution in [3.05, 3.63) is 95.6 Å². The van der Waals surface area contributed by atoms with Crippen LogP contribution < -0.4 is 16.4 Å². The Bertz CT molecular complexity index is 1810. The van der Waals surface area contributed by atoms with Gasteiger partial charge in [-0.15, -0.1) is 11.3 Å². The molecule has 0 aliphatic carbocycles. The lowest BCUT2D eigenvalue weighted by molar-refractivity contribution is 0.256. The van der Waals surface area contributed by atoms with Gasteiger partial charge in [0.2, 0.25) is 0 Å². The molecule has 182 valence electrons. The molecule has 37 heavy (non-hydrogen) atoms. The van der Waals surface area contributed by atoms with Crippen LogP contribution in [0.4, 0.5) is 22.0 Å². The molecule has 0 atom stereocenters. The molecule has 6 aromatic rings. The summed E-state index contributed by atoms with van der Waals surface area (Å²) in [5.41, 5.74) is 18.6. The van der Waals surface area contributed by atoms with Crippen LogP contribution in [0.3, 0.4) is 0 Å². The molecule has 3 aromatic carbocycles. The number of nitrogens with zero attached hydrogens (tertiary/aromatic N) is 3.